The molecule has 0 saturated carbocycles. The van der Waals surface area contributed by atoms with Crippen molar-refractivity contribution in [3.63, 3.8) is 0 Å². The number of halogens is 1. The Morgan fingerprint density at radius 2 is 2.09 bits per heavy atom. The zero-order chi connectivity index (χ0) is 8.43. The minimum Gasteiger partial charge on any atom is -0.327 e. The van der Waals surface area contributed by atoms with Crippen LogP contribution in [0.25, 0.3) is 0 Å². The molecule has 62 valence electrons. The molecule has 1 heterocycles. The van der Waals surface area contributed by atoms with Crippen LogP contribution < -0.4 is 5.73 Å². The van der Waals surface area contributed by atoms with Crippen LogP contribution in [0.4, 0.5) is 0 Å². The molecule has 11 heavy (non-hydrogen) atoms. The summed E-state index contributed by atoms with van der Waals surface area (Å²) >= 11 is 7.40. The molecule has 2 atom stereocenters. The van der Waals surface area contributed by atoms with Gasteiger partial charge < -0.3 is 5.73 Å². The van der Waals surface area contributed by atoms with Gasteiger partial charge in [0.05, 0.1) is 4.34 Å². The topological polar surface area (TPSA) is 26.0 Å². The van der Waals surface area contributed by atoms with Gasteiger partial charge >= 0.3 is 0 Å². The lowest BCUT2D eigenvalue weighted by atomic mass is 10.0. The third-order valence-electron chi connectivity index (χ3n) is 1.83. The fourth-order valence-corrected chi connectivity index (χ4v) is 2.06. The molecule has 0 aliphatic carbocycles. The first-order chi connectivity index (χ1) is 5.11. The zero-order valence-electron chi connectivity index (χ0n) is 6.67. The quantitative estimate of drug-likeness (QED) is 0.761. The highest BCUT2D eigenvalue weighted by atomic mass is 35.5. The molecular formula is C8H12ClNS. The standard InChI is InChI=1S/C8H12ClNS/c1-5(6(2)10)7-3-4-8(9)11-7/h3-6H,10H2,1-2H3. The molecule has 0 radical (unpaired) electrons. The molecule has 0 aromatic carbocycles. The fourth-order valence-electron chi connectivity index (χ4n) is 0.832. The minimum atomic E-state index is 0.199. The lowest BCUT2D eigenvalue weighted by molar-refractivity contribution is 0.622. The predicted octanol–water partition coefficient (Wildman–Crippen LogP) is 2.85. The lowest BCUT2D eigenvalue weighted by Crippen LogP contribution is -2.21. The number of nitrogens with two attached hydrogens (primary N) is 1. The summed E-state index contributed by atoms with van der Waals surface area (Å²) in [6.45, 7) is 4.13. The Morgan fingerprint density at radius 1 is 1.45 bits per heavy atom. The van der Waals surface area contributed by atoms with Crippen LogP contribution in [0.5, 0.6) is 0 Å². The summed E-state index contributed by atoms with van der Waals surface area (Å²) in [4.78, 5) is 1.27. The molecule has 0 bridgehead atoms. The van der Waals surface area contributed by atoms with Crippen molar-refractivity contribution in [2.24, 2.45) is 5.73 Å². The number of hydrogen-bond donors (Lipinski definition) is 1. The maximum absolute atomic E-state index is 5.79. The van der Waals surface area contributed by atoms with E-state index in [1.54, 1.807) is 11.3 Å². The summed E-state index contributed by atoms with van der Waals surface area (Å²) < 4.78 is 0.840. The Labute approximate surface area is 76.2 Å². The van der Waals surface area contributed by atoms with Gasteiger partial charge in [-0.2, -0.15) is 0 Å². The largest absolute Gasteiger partial charge is 0.327 e. The molecule has 0 saturated heterocycles. The van der Waals surface area contributed by atoms with Gasteiger partial charge in [-0.05, 0) is 19.1 Å². The molecule has 2 unspecified atom stereocenters. The van der Waals surface area contributed by atoms with Crippen LogP contribution in [0.1, 0.15) is 24.6 Å². The molecule has 0 amide bonds. The van der Waals surface area contributed by atoms with Crippen LogP contribution >= 0.6 is 22.9 Å². The van der Waals surface area contributed by atoms with E-state index in [4.69, 9.17) is 17.3 Å². The number of hydrogen-bond acceptors (Lipinski definition) is 2. The van der Waals surface area contributed by atoms with E-state index in [1.807, 2.05) is 19.1 Å². The van der Waals surface area contributed by atoms with Crippen LogP contribution in [-0.2, 0) is 0 Å². The molecule has 2 N–H and O–H groups in total. The predicted molar refractivity (Wildman–Crippen MR) is 51.4 cm³/mol. The van der Waals surface area contributed by atoms with Gasteiger partial charge in [-0.1, -0.05) is 18.5 Å². The van der Waals surface area contributed by atoms with Gasteiger partial charge in [0.15, 0.2) is 0 Å². The molecule has 1 rings (SSSR count). The number of thiophene rings is 1. The highest BCUT2D eigenvalue weighted by molar-refractivity contribution is 7.16. The molecule has 0 aliphatic heterocycles. The summed E-state index contributed by atoms with van der Waals surface area (Å²) in [7, 11) is 0. The minimum absolute atomic E-state index is 0.199. The van der Waals surface area contributed by atoms with E-state index >= 15 is 0 Å². The Kier molecular flexibility index (Phi) is 2.93. The van der Waals surface area contributed by atoms with E-state index in [2.05, 4.69) is 6.92 Å². The molecule has 0 fully saturated rings. The van der Waals surface area contributed by atoms with Crippen molar-refractivity contribution in [1.82, 2.24) is 0 Å². The lowest BCUT2D eigenvalue weighted by Gasteiger charge is -2.12. The number of rotatable bonds is 2. The normalized spacial score (nSPS) is 16.4. The van der Waals surface area contributed by atoms with Crippen molar-refractivity contribution in [2.45, 2.75) is 25.8 Å². The van der Waals surface area contributed by atoms with Gasteiger partial charge in [0.2, 0.25) is 0 Å². The first-order valence-corrected chi connectivity index (χ1v) is 4.81. The maximum Gasteiger partial charge on any atom is 0.0931 e. The van der Waals surface area contributed by atoms with Gasteiger partial charge in [0.1, 0.15) is 0 Å². The molecular weight excluding hydrogens is 178 g/mol. The Bertz CT molecular complexity index is 232. The van der Waals surface area contributed by atoms with Crippen molar-refractivity contribution >= 4 is 22.9 Å². The second kappa shape index (κ2) is 3.57. The first-order valence-electron chi connectivity index (χ1n) is 3.62. The fraction of sp³-hybridized carbons (Fsp3) is 0.500. The van der Waals surface area contributed by atoms with Crippen LogP contribution in [0.15, 0.2) is 12.1 Å². The van der Waals surface area contributed by atoms with E-state index in [-0.39, 0.29) is 6.04 Å². The van der Waals surface area contributed by atoms with Crippen molar-refractivity contribution in [2.75, 3.05) is 0 Å². The van der Waals surface area contributed by atoms with Crippen molar-refractivity contribution < 1.29 is 0 Å². The van der Waals surface area contributed by atoms with Crippen LogP contribution in [0, 0.1) is 0 Å². The van der Waals surface area contributed by atoms with E-state index in [0.29, 0.717) is 5.92 Å². The summed E-state index contributed by atoms with van der Waals surface area (Å²) in [6, 6.07) is 4.16. The van der Waals surface area contributed by atoms with Gasteiger partial charge in [-0.3, -0.25) is 0 Å². The highest BCUT2D eigenvalue weighted by Gasteiger charge is 2.11. The molecule has 3 heteroatoms. The average Bonchev–Trinajstić information content (AvgIpc) is 2.34. The zero-order valence-corrected chi connectivity index (χ0v) is 8.25. The van der Waals surface area contributed by atoms with E-state index in [1.165, 1.54) is 4.88 Å². The van der Waals surface area contributed by atoms with Crippen molar-refractivity contribution in [3.8, 4) is 0 Å². The van der Waals surface area contributed by atoms with E-state index < -0.39 is 0 Å². The second-order valence-corrected chi connectivity index (χ2v) is 4.54. The summed E-state index contributed by atoms with van der Waals surface area (Å²) in [5.74, 6) is 0.410. The summed E-state index contributed by atoms with van der Waals surface area (Å²) in [6.07, 6.45) is 0. The molecule has 0 aliphatic rings. The maximum atomic E-state index is 5.79. The van der Waals surface area contributed by atoms with Gasteiger partial charge in [-0.25, -0.2) is 0 Å². The van der Waals surface area contributed by atoms with E-state index in [9.17, 15) is 0 Å². The van der Waals surface area contributed by atoms with Gasteiger partial charge in [0.25, 0.3) is 0 Å². The third kappa shape index (κ3) is 2.19. The average molecular weight is 190 g/mol. The van der Waals surface area contributed by atoms with E-state index in [0.717, 1.165) is 4.34 Å². The summed E-state index contributed by atoms with van der Waals surface area (Å²) in [5, 5.41) is 0. The van der Waals surface area contributed by atoms with Crippen LogP contribution in [0.2, 0.25) is 4.34 Å². The molecule has 1 nitrogen and oxygen atoms in total. The van der Waals surface area contributed by atoms with Gasteiger partial charge in [0, 0.05) is 16.8 Å². The van der Waals surface area contributed by atoms with Gasteiger partial charge in [-0.15, -0.1) is 11.3 Å². The third-order valence-corrected chi connectivity index (χ3v) is 3.26. The monoisotopic (exact) mass is 189 g/mol. The van der Waals surface area contributed by atoms with Crippen LogP contribution in [-0.4, -0.2) is 6.04 Å². The SMILES string of the molecule is CC(N)C(C)c1ccc(Cl)s1. The first kappa shape index (κ1) is 9.04. The Hall–Kier alpha value is -0.0500. The summed E-state index contributed by atoms with van der Waals surface area (Å²) in [5.41, 5.74) is 5.74. The van der Waals surface area contributed by atoms with Crippen LogP contribution in [0.3, 0.4) is 0 Å². The molecule has 0 spiro atoms. The second-order valence-electron chi connectivity index (χ2n) is 2.79. The highest BCUT2D eigenvalue weighted by Crippen LogP contribution is 2.29. The van der Waals surface area contributed by atoms with Crippen molar-refractivity contribution in [3.05, 3.63) is 21.3 Å². The van der Waals surface area contributed by atoms with Crippen molar-refractivity contribution in [1.29, 1.82) is 0 Å². The Balaban J connectivity index is 2.76. The Morgan fingerprint density at radius 3 is 2.45 bits per heavy atom. The smallest absolute Gasteiger partial charge is 0.0931 e. The molecule has 1 aromatic heterocycles. The molecule has 1 aromatic rings.